The van der Waals surface area contributed by atoms with Crippen molar-refractivity contribution in [2.45, 2.75) is 45.0 Å². The van der Waals surface area contributed by atoms with Crippen LogP contribution in [0.15, 0.2) is 0 Å². The molecule has 0 saturated heterocycles. The maximum absolute atomic E-state index is 11.8. The van der Waals surface area contributed by atoms with Gasteiger partial charge >= 0.3 is 12.1 Å². The van der Waals surface area contributed by atoms with Crippen molar-refractivity contribution in [1.29, 1.82) is 0 Å². The maximum atomic E-state index is 11.8. The Morgan fingerprint density at radius 2 is 1.73 bits per heavy atom. The number of hydrogen-bond donors (Lipinski definition) is 1. The first-order valence-corrected chi connectivity index (χ1v) is 4.06. The standard InChI is InChI=1S/C8H14F3NO2.ClH/c1-7(2,3)14-6(13)5(12)4-8(9,10)11;/h5H,4,12H2,1-3H3;1H/t5-;/m0./s1. The zero-order valence-corrected chi connectivity index (χ0v) is 9.54. The quantitative estimate of drug-likeness (QED) is 0.762. The van der Waals surface area contributed by atoms with E-state index in [0.29, 0.717) is 0 Å². The van der Waals surface area contributed by atoms with E-state index in [9.17, 15) is 18.0 Å². The maximum Gasteiger partial charge on any atom is 0.391 e. The third kappa shape index (κ3) is 9.81. The van der Waals surface area contributed by atoms with Gasteiger partial charge in [-0.3, -0.25) is 4.79 Å². The van der Waals surface area contributed by atoms with Crippen LogP contribution in [0.4, 0.5) is 13.2 Å². The monoisotopic (exact) mass is 249 g/mol. The molecular formula is C8H15ClF3NO2. The van der Waals surface area contributed by atoms with Gasteiger partial charge in [-0.1, -0.05) is 0 Å². The lowest BCUT2D eigenvalue weighted by Gasteiger charge is -2.22. The van der Waals surface area contributed by atoms with Gasteiger partial charge in [-0.25, -0.2) is 0 Å². The lowest BCUT2D eigenvalue weighted by atomic mass is 10.1. The first-order valence-electron chi connectivity index (χ1n) is 4.06. The molecule has 0 spiro atoms. The van der Waals surface area contributed by atoms with Crippen molar-refractivity contribution in [2.24, 2.45) is 5.73 Å². The first-order chi connectivity index (χ1) is 6.01. The van der Waals surface area contributed by atoms with Crippen LogP contribution in [0.25, 0.3) is 0 Å². The van der Waals surface area contributed by atoms with Gasteiger partial charge < -0.3 is 10.5 Å². The van der Waals surface area contributed by atoms with Gasteiger partial charge in [0.1, 0.15) is 11.6 Å². The highest BCUT2D eigenvalue weighted by Crippen LogP contribution is 2.21. The molecule has 0 radical (unpaired) electrons. The molecule has 7 heteroatoms. The molecule has 0 unspecified atom stereocenters. The van der Waals surface area contributed by atoms with E-state index in [1.165, 1.54) is 0 Å². The number of ether oxygens (including phenoxy) is 1. The van der Waals surface area contributed by atoms with Gasteiger partial charge in [-0.15, -0.1) is 12.4 Å². The topological polar surface area (TPSA) is 52.3 Å². The largest absolute Gasteiger partial charge is 0.459 e. The molecule has 0 aliphatic carbocycles. The predicted molar refractivity (Wildman–Crippen MR) is 51.7 cm³/mol. The SMILES string of the molecule is CC(C)(C)OC(=O)[C@@H](N)CC(F)(F)F.Cl. The summed E-state index contributed by atoms with van der Waals surface area (Å²) in [6, 6.07) is -1.64. The normalized spacial score (nSPS) is 14.1. The number of alkyl halides is 3. The second-order valence-corrected chi connectivity index (χ2v) is 3.96. The third-order valence-corrected chi connectivity index (χ3v) is 1.16. The van der Waals surface area contributed by atoms with Crippen LogP contribution in [0.1, 0.15) is 27.2 Å². The van der Waals surface area contributed by atoms with Gasteiger partial charge in [0.2, 0.25) is 0 Å². The minimum atomic E-state index is -4.45. The van der Waals surface area contributed by atoms with Crippen LogP contribution in [-0.2, 0) is 9.53 Å². The van der Waals surface area contributed by atoms with Gasteiger partial charge in [0.15, 0.2) is 0 Å². The summed E-state index contributed by atoms with van der Waals surface area (Å²) < 4.78 is 40.1. The molecule has 0 aliphatic heterocycles. The Morgan fingerprint density at radius 3 is 2.00 bits per heavy atom. The van der Waals surface area contributed by atoms with Crippen molar-refractivity contribution < 1.29 is 22.7 Å². The minimum Gasteiger partial charge on any atom is -0.459 e. The molecule has 92 valence electrons. The summed E-state index contributed by atoms with van der Waals surface area (Å²) in [4.78, 5) is 11.0. The van der Waals surface area contributed by atoms with Gasteiger partial charge in [-0.2, -0.15) is 13.2 Å². The second kappa shape index (κ2) is 5.55. The Bertz CT molecular complexity index is 213. The van der Waals surface area contributed by atoms with Crippen molar-refractivity contribution in [3.63, 3.8) is 0 Å². The average Bonchev–Trinajstić information content (AvgIpc) is 1.78. The van der Waals surface area contributed by atoms with Crippen molar-refractivity contribution in [2.75, 3.05) is 0 Å². The minimum absolute atomic E-state index is 0. The van der Waals surface area contributed by atoms with E-state index in [-0.39, 0.29) is 12.4 Å². The van der Waals surface area contributed by atoms with Gasteiger partial charge in [0, 0.05) is 0 Å². The van der Waals surface area contributed by atoms with Gasteiger partial charge in [-0.05, 0) is 20.8 Å². The highest BCUT2D eigenvalue weighted by molar-refractivity contribution is 5.85. The Hall–Kier alpha value is -0.490. The molecule has 2 N–H and O–H groups in total. The van der Waals surface area contributed by atoms with E-state index in [2.05, 4.69) is 4.74 Å². The highest BCUT2D eigenvalue weighted by Gasteiger charge is 2.35. The second-order valence-electron chi connectivity index (χ2n) is 3.96. The van der Waals surface area contributed by atoms with Gasteiger partial charge in [0.25, 0.3) is 0 Å². The van der Waals surface area contributed by atoms with Crippen molar-refractivity contribution in [1.82, 2.24) is 0 Å². The van der Waals surface area contributed by atoms with Crippen LogP contribution in [-0.4, -0.2) is 23.8 Å². The van der Waals surface area contributed by atoms with Crippen LogP contribution in [0.3, 0.4) is 0 Å². The lowest BCUT2D eigenvalue weighted by Crippen LogP contribution is -2.40. The summed E-state index contributed by atoms with van der Waals surface area (Å²) >= 11 is 0. The summed E-state index contributed by atoms with van der Waals surface area (Å²) in [7, 11) is 0. The number of rotatable bonds is 2. The molecular weight excluding hydrogens is 235 g/mol. The molecule has 0 aromatic rings. The highest BCUT2D eigenvalue weighted by atomic mass is 35.5. The fraction of sp³-hybridized carbons (Fsp3) is 0.875. The summed E-state index contributed by atoms with van der Waals surface area (Å²) in [6.07, 6.45) is -5.81. The Labute approximate surface area is 92.6 Å². The number of carbonyl (C=O) groups excluding carboxylic acids is 1. The fourth-order valence-corrected chi connectivity index (χ4v) is 0.710. The van der Waals surface area contributed by atoms with E-state index in [0.717, 1.165) is 0 Å². The number of esters is 1. The number of carbonyl (C=O) groups is 1. The number of nitrogens with two attached hydrogens (primary N) is 1. The van der Waals surface area contributed by atoms with Crippen molar-refractivity contribution in [3.8, 4) is 0 Å². The molecule has 1 atom stereocenters. The molecule has 0 rings (SSSR count). The summed E-state index contributed by atoms with van der Waals surface area (Å²) in [5, 5.41) is 0. The van der Waals surface area contributed by atoms with Crippen LogP contribution in [0.2, 0.25) is 0 Å². The van der Waals surface area contributed by atoms with Crippen molar-refractivity contribution in [3.05, 3.63) is 0 Å². The molecule has 0 heterocycles. The molecule has 0 saturated carbocycles. The van der Waals surface area contributed by atoms with Crippen LogP contribution < -0.4 is 5.73 Å². The number of halogens is 4. The fourth-order valence-electron chi connectivity index (χ4n) is 0.710. The predicted octanol–water partition coefficient (Wildman–Crippen LogP) is 2.03. The van der Waals surface area contributed by atoms with Crippen molar-refractivity contribution >= 4 is 18.4 Å². The zero-order chi connectivity index (χ0) is 11.6. The van der Waals surface area contributed by atoms with Crippen LogP contribution in [0, 0.1) is 0 Å². The van der Waals surface area contributed by atoms with E-state index >= 15 is 0 Å². The molecule has 0 aromatic heterocycles. The molecule has 0 aromatic carbocycles. The molecule has 3 nitrogen and oxygen atoms in total. The van der Waals surface area contributed by atoms with E-state index in [1.807, 2.05) is 0 Å². The molecule has 0 bridgehead atoms. The summed E-state index contributed by atoms with van der Waals surface area (Å²) in [5.41, 5.74) is 4.20. The molecule has 0 fully saturated rings. The Balaban J connectivity index is 0. The Kier molecular flexibility index (Phi) is 6.27. The summed E-state index contributed by atoms with van der Waals surface area (Å²) in [5.74, 6) is -1.03. The summed E-state index contributed by atoms with van der Waals surface area (Å²) in [6.45, 7) is 4.68. The smallest absolute Gasteiger partial charge is 0.391 e. The van der Waals surface area contributed by atoms with Crippen LogP contribution >= 0.6 is 12.4 Å². The molecule has 15 heavy (non-hydrogen) atoms. The van der Waals surface area contributed by atoms with Gasteiger partial charge in [0.05, 0.1) is 6.42 Å². The van der Waals surface area contributed by atoms with E-state index in [4.69, 9.17) is 5.73 Å². The average molecular weight is 250 g/mol. The molecule has 0 aliphatic rings. The zero-order valence-electron chi connectivity index (χ0n) is 8.72. The third-order valence-electron chi connectivity index (χ3n) is 1.16. The van der Waals surface area contributed by atoms with E-state index in [1.54, 1.807) is 20.8 Å². The first kappa shape index (κ1) is 16.9. The number of hydrogen-bond acceptors (Lipinski definition) is 3. The Morgan fingerprint density at radius 1 is 1.33 bits per heavy atom. The molecule has 0 amide bonds. The van der Waals surface area contributed by atoms with E-state index < -0.39 is 30.2 Å². The van der Waals surface area contributed by atoms with Crippen LogP contribution in [0.5, 0.6) is 0 Å². The lowest BCUT2D eigenvalue weighted by molar-refractivity contribution is -0.168.